The molecule has 1 aliphatic carbocycles. The second-order valence-corrected chi connectivity index (χ2v) is 9.04. The first-order valence-electron chi connectivity index (χ1n) is 7.82. The van der Waals surface area contributed by atoms with Crippen molar-refractivity contribution in [2.45, 2.75) is 28.5 Å². The Morgan fingerprint density at radius 3 is 2.33 bits per heavy atom. The van der Waals surface area contributed by atoms with Crippen molar-refractivity contribution in [3.05, 3.63) is 64.6 Å². The van der Waals surface area contributed by atoms with Crippen LogP contribution < -0.4 is 5.73 Å². The molecule has 2 aromatic carbocycles. The van der Waals surface area contributed by atoms with Gasteiger partial charge < -0.3 is 10.5 Å². The molecule has 0 saturated heterocycles. The third kappa shape index (κ3) is 3.04. The molecule has 3 rings (SSSR count). The molecule has 2 N–H and O–H groups in total. The molecule has 0 radical (unpaired) electrons. The van der Waals surface area contributed by atoms with E-state index in [4.69, 9.17) is 10.5 Å². The van der Waals surface area contributed by atoms with Crippen molar-refractivity contribution in [3.8, 4) is 0 Å². The molecule has 24 heavy (non-hydrogen) atoms. The second kappa shape index (κ2) is 6.59. The number of hydrogen-bond donors (Lipinski definition) is 1. The van der Waals surface area contributed by atoms with E-state index < -0.39 is 20.6 Å². The Kier molecular flexibility index (Phi) is 4.84. The van der Waals surface area contributed by atoms with E-state index in [1.165, 1.54) is 0 Å². The maximum absolute atomic E-state index is 13.1. The molecule has 0 aliphatic heterocycles. The van der Waals surface area contributed by atoms with Crippen LogP contribution in [0.2, 0.25) is 0 Å². The molecule has 0 spiro atoms. The van der Waals surface area contributed by atoms with E-state index in [-0.39, 0.29) is 12.5 Å². The molecule has 4 nitrogen and oxygen atoms in total. The Labute approximate surface area is 151 Å². The van der Waals surface area contributed by atoms with E-state index in [9.17, 15) is 8.42 Å². The summed E-state index contributed by atoms with van der Waals surface area (Å²) in [6.45, 7) is 2.60. The van der Waals surface area contributed by atoms with Crippen molar-refractivity contribution in [2.75, 3.05) is 13.2 Å². The van der Waals surface area contributed by atoms with Gasteiger partial charge in [0.1, 0.15) is 0 Å². The van der Waals surface area contributed by atoms with Crippen LogP contribution in [0.1, 0.15) is 18.4 Å². The lowest BCUT2D eigenvalue weighted by molar-refractivity contribution is 0.125. The fourth-order valence-corrected chi connectivity index (χ4v) is 5.83. The minimum atomic E-state index is -3.53. The zero-order valence-corrected chi connectivity index (χ0v) is 15.8. The van der Waals surface area contributed by atoms with Crippen LogP contribution in [0, 0.1) is 0 Å². The molecule has 0 bridgehead atoms. The Morgan fingerprint density at radius 2 is 1.75 bits per heavy atom. The Balaban J connectivity index is 1.99. The Morgan fingerprint density at radius 1 is 1.12 bits per heavy atom. The van der Waals surface area contributed by atoms with Gasteiger partial charge in [-0.3, -0.25) is 0 Å². The summed E-state index contributed by atoms with van der Waals surface area (Å²) >= 11 is 3.40. The molecule has 6 heteroatoms. The third-order valence-electron chi connectivity index (χ3n) is 4.49. The Hall–Kier alpha value is -1.21. The molecule has 2 aromatic rings. The van der Waals surface area contributed by atoms with Crippen LogP contribution in [0.4, 0.5) is 0 Å². The van der Waals surface area contributed by atoms with Crippen molar-refractivity contribution in [1.82, 2.24) is 0 Å². The van der Waals surface area contributed by atoms with E-state index >= 15 is 0 Å². The van der Waals surface area contributed by atoms with Gasteiger partial charge in [-0.1, -0.05) is 46.3 Å². The first-order chi connectivity index (χ1) is 11.4. The third-order valence-corrected chi connectivity index (χ3v) is 7.33. The summed E-state index contributed by atoms with van der Waals surface area (Å²) in [7, 11) is -3.53. The maximum atomic E-state index is 13.1. The monoisotopic (exact) mass is 409 g/mol. The predicted octanol–water partition coefficient (Wildman–Crippen LogP) is 3.12. The van der Waals surface area contributed by atoms with E-state index in [1.807, 2.05) is 31.2 Å². The molecule has 0 aromatic heterocycles. The number of sulfone groups is 1. The topological polar surface area (TPSA) is 69.4 Å². The second-order valence-electron chi connectivity index (χ2n) is 6.06. The summed E-state index contributed by atoms with van der Waals surface area (Å²) in [6.07, 6.45) is 0. The van der Waals surface area contributed by atoms with Gasteiger partial charge in [-0.15, -0.1) is 0 Å². The largest absolute Gasteiger partial charge is 0.380 e. The lowest BCUT2D eigenvalue weighted by Crippen LogP contribution is -2.36. The van der Waals surface area contributed by atoms with Crippen LogP contribution in [0.15, 0.2) is 64.0 Å². The van der Waals surface area contributed by atoms with Gasteiger partial charge in [-0.05, 0) is 36.8 Å². The molecule has 1 fully saturated rings. The van der Waals surface area contributed by atoms with Crippen molar-refractivity contribution in [2.24, 2.45) is 5.73 Å². The summed E-state index contributed by atoms with van der Waals surface area (Å²) in [6, 6.07) is 16.1. The van der Waals surface area contributed by atoms with Crippen LogP contribution in [-0.4, -0.2) is 32.4 Å². The quantitative estimate of drug-likeness (QED) is 0.795. The number of nitrogens with two attached hydrogens (primary N) is 1. The molecule has 0 amide bonds. The summed E-state index contributed by atoms with van der Waals surface area (Å²) in [4.78, 5) is 0.306. The molecule has 1 saturated carbocycles. The summed E-state index contributed by atoms with van der Waals surface area (Å²) in [5.41, 5.74) is 6.52. The zero-order valence-electron chi connectivity index (χ0n) is 13.4. The fourth-order valence-electron chi connectivity index (χ4n) is 3.25. The van der Waals surface area contributed by atoms with E-state index in [2.05, 4.69) is 15.9 Å². The van der Waals surface area contributed by atoms with Crippen molar-refractivity contribution in [3.63, 3.8) is 0 Å². The van der Waals surface area contributed by atoms with Crippen LogP contribution in [-0.2, 0) is 14.6 Å². The molecule has 128 valence electrons. The summed E-state index contributed by atoms with van der Waals surface area (Å²) in [5.74, 6) is -0.276. The highest BCUT2D eigenvalue weighted by Gasteiger charge is 2.69. The highest BCUT2D eigenvalue weighted by molar-refractivity contribution is 9.10. The number of benzene rings is 2. The van der Waals surface area contributed by atoms with Gasteiger partial charge in [0.25, 0.3) is 0 Å². The van der Waals surface area contributed by atoms with E-state index in [1.54, 1.807) is 30.3 Å². The normalized spacial score (nSPS) is 26.3. The van der Waals surface area contributed by atoms with Gasteiger partial charge in [0.05, 0.1) is 22.3 Å². The Bertz CT molecular complexity index is 808. The lowest BCUT2D eigenvalue weighted by Gasteiger charge is -2.12. The van der Waals surface area contributed by atoms with Crippen molar-refractivity contribution in [1.29, 1.82) is 0 Å². The number of hydrogen-bond acceptors (Lipinski definition) is 4. The number of rotatable bonds is 6. The first kappa shape index (κ1) is 17.6. The average Bonchev–Trinajstić information content (AvgIpc) is 3.21. The van der Waals surface area contributed by atoms with E-state index in [0.717, 1.165) is 10.0 Å². The van der Waals surface area contributed by atoms with Gasteiger partial charge in [0.15, 0.2) is 9.84 Å². The number of ether oxygens (including phenoxy) is 1. The highest BCUT2D eigenvalue weighted by Crippen LogP contribution is 2.55. The van der Waals surface area contributed by atoms with Gasteiger partial charge >= 0.3 is 0 Å². The molecule has 3 atom stereocenters. The maximum Gasteiger partial charge on any atom is 0.183 e. The van der Waals surface area contributed by atoms with Crippen LogP contribution in [0.25, 0.3) is 0 Å². The van der Waals surface area contributed by atoms with Gasteiger partial charge in [-0.2, -0.15) is 0 Å². The SMILES string of the molecule is CCOC[C@]1(N)[C@H](c2ccc(Br)cc2)[C@H]1S(=O)(=O)c1ccccc1. The molecule has 0 heterocycles. The minimum Gasteiger partial charge on any atom is -0.380 e. The minimum absolute atomic E-state index is 0.223. The van der Waals surface area contributed by atoms with Gasteiger partial charge in [0.2, 0.25) is 0 Å². The molecule has 0 unspecified atom stereocenters. The number of halogens is 1. The first-order valence-corrected chi connectivity index (χ1v) is 10.2. The van der Waals surface area contributed by atoms with Crippen molar-refractivity contribution < 1.29 is 13.2 Å². The molecular formula is C18H20BrNO3S. The van der Waals surface area contributed by atoms with Gasteiger partial charge in [-0.25, -0.2) is 8.42 Å². The summed E-state index contributed by atoms with van der Waals surface area (Å²) in [5, 5.41) is -0.680. The smallest absolute Gasteiger partial charge is 0.183 e. The zero-order chi connectivity index (χ0) is 17.4. The highest BCUT2D eigenvalue weighted by atomic mass is 79.9. The fraction of sp³-hybridized carbons (Fsp3) is 0.333. The predicted molar refractivity (Wildman–Crippen MR) is 97.7 cm³/mol. The average molecular weight is 410 g/mol. The van der Waals surface area contributed by atoms with Crippen LogP contribution in [0.3, 0.4) is 0 Å². The summed E-state index contributed by atoms with van der Waals surface area (Å²) < 4.78 is 32.6. The standard InChI is InChI=1S/C18H20BrNO3S/c1-2-23-12-18(20)16(13-8-10-14(19)11-9-13)17(18)24(21,22)15-6-4-3-5-7-15/h3-11,16-17H,2,12,20H2,1H3/t16-,17-,18+/m1/s1. The van der Waals surface area contributed by atoms with E-state index in [0.29, 0.717) is 11.5 Å². The van der Waals surface area contributed by atoms with Crippen molar-refractivity contribution >= 4 is 25.8 Å². The van der Waals surface area contributed by atoms with Gasteiger partial charge in [0, 0.05) is 17.0 Å². The van der Waals surface area contributed by atoms with Crippen LogP contribution >= 0.6 is 15.9 Å². The lowest BCUT2D eigenvalue weighted by atomic mass is 10.1. The molecule has 1 aliphatic rings. The van der Waals surface area contributed by atoms with Crippen LogP contribution in [0.5, 0.6) is 0 Å². The molecular weight excluding hydrogens is 390 g/mol.